The number of hydrogen-bond donors (Lipinski definition) is 2. The molecular weight excluding hydrogens is 382 g/mol. The Labute approximate surface area is 171 Å². The van der Waals surface area contributed by atoms with Crippen LogP contribution in [0, 0.1) is 11.3 Å². The monoisotopic (exact) mass is 399 g/mol. The molecule has 2 unspecified atom stereocenters. The molecule has 2 atom stereocenters. The number of hydrogen-bond acceptors (Lipinski definition) is 5. The van der Waals surface area contributed by atoms with Crippen LogP contribution in [0.2, 0.25) is 0 Å². The van der Waals surface area contributed by atoms with Gasteiger partial charge in [0.05, 0.1) is 29.2 Å². The van der Waals surface area contributed by atoms with Gasteiger partial charge in [0.15, 0.2) is 4.90 Å². The third kappa shape index (κ3) is 2.90. The summed E-state index contributed by atoms with van der Waals surface area (Å²) in [5, 5.41) is 13.7. The molecule has 142 valence electrons. The third-order valence-corrected chi connectivity index (χ3v) is 6.09. The second-order valence-corrected chi connectivity index (χ2v) is 8.24. The first kappa shape index (κ1) is 17.6. The maximum absolute atomic E-state index is 11.8. The molecule has 0 fully saturated rings. The zero-order valence-electron chi connectivity index (χ0n) is 15.6. The number of pyridine rings is 1. The van der Waals surface area contributed by atoms with Gasteiger partial charge in [0.25, 0.3) is 0 Å². The molecule has 5 rings (SSSR count). The minimum Gasteiger partial charge on any atom is -0.612 e. The van der Waals surface area contributed by atoms with Crippen LogP contribution in [0.1, 0.15) is 17.3 Å². The highest BCUT2D eigenvalue weighted by molar-refractivity contribution is 7.90. The van der Waals surface area contributed by atoms with E-state index in [1.165, 1.54) is 0 Å². The average molecular weight is 399 g/mol. The van der Waals surface area contributed by atoms with Crippen LogP contribution >= 0.6 is 0 Å². The lowest BCUT2D eigenvalue weighted by atomic mass is 10.1. The van der Waals surface area contributed by atoms with E-state index in [1.807, 2.05) is 67.0 Å². The van der Waals surface area contributed by atoms with Crippen LogP contribution in [-0.4, -0.2) is 20.8 Å². The van der Waals surface area contributed by atoms with Crippen LogP contribution in [0.3, 0.4) is 0 Å². The molecule has 4 aromatic rings. The predicted octanol–water partition coefficient (Wildman–Crippen LogP) is 4.43. The Morgan fingerprint density at radius 1 is 1.10 bits per heavy atom. The van der Waals surface area contributed by atoms with Gasteiger partial charge in [-0.15, -0.1) is 0 Å². The van der Waals surface area contributed by atoms with Crippen molar-refractivity contribution in [2.24, 2.45) is 0 Å². The van der Waals surface area contributed by atoms with Gasteiger partial charge >= 0.3 is 0 Å². The molecule has 2 aromatic carbocycles. The van der Waals surface area contributed by atoms with Crippen molar-refractivity contribution in [3.05, 3.63) is 78.1 Å². The number of aromatic amines is 1. The molecule has 1 aliphatic rings. The van der Waals surface area contributed by atoms with Crippen molar-refractivity contribution in [3.8, 4) is 6.07 Å². The molecule has 2 aromatic heterocycles. The second kappa shape index (κ2) is 6.85. The van der Waals surface area contributed by atoms with E-state index in [1.54, 1.807) is 6.26 Å². The quantitative estimate of drug-likeness (QED) is 0.497. The van der Waals surface area contributed by atoms with E-state index < -0.39 is 11.2 Å². The topological polar surface area (TPSA) is 90.8 Å². The van der Waals surface area contributed by atoms with Gasteiger partial charge in [0.1, 0.15) is 18.1 Å². The van der Waals surface area contributed by atoms with Gasteiger partial charge in [-0.25, -0.2) is 4.98 Å². The van der Waals surface area contributed by atoms with E-state index in [2.05, 4.69) is 26.3 Å². The van der Waals surface area contributed by atoms with Crippen LogP contribution < -0.4 is 10.2 Å². The van der Waals surface area contributed by atoms with E-state index in [4.69, 9.17) is 5.26 Å². The Hall–Kier alpha value is -3.47. The number of benzene rings is 2. The largest absolute Gasteiger partial charge is 0.612 e. The molecule has 2 N–H and O–H groups in total. The number of nitrogens with zero attached hydrogens (tertiary/aromatic N) is 3. The van der Waals surface area contributed by atoms with Crippen LogP contribution in [0.5, 0.6) is 0 Å². The van der Waals surface area contributed by atoms with E-state index in [9.17, 15) is 4.55 Å². The molecule has 7 heteroatoms. The molecule has 0 saturated carbocycles. The van der Waals surface area contributed by atoms with Crippen molar-refractivity contribution in [1.82, 2.24) is 9.97 Å². The molecule has 6 nitrogen and oxygen atoms in total. The van der Waals surface area contributed by atoms with Crippen LogP contribution in [-0.2, 0) is 11.2 Å². The maximum Gasteiger partial charge on any atom is 0.152 e. The fourth-order valence-corrected chi connectivity index (χ4v) is 4.27. The Morgan fingerprint density at radius 2 is 1.86 bits per heavy atom. The van der Waals surface area contributed by atoms with E-state index in [-0.39, 0.29) is 6.17 Å². The number of aromatic nitrogens is 2. The Balaban J connectivity index is 1.66. The van der Waals surface area contributed by atoms with Crippen LogP contribution in [0.15, 0.2) is 71.9 Å². The predicted molar refractivity (Wildman–Crippen MR) is 115 cm³/mol. The van der Waals surface area contributed by atoms with Crippen LogP contribution in [0.4, 0.5) is 17.1 Å². The molecule has 0 bridgehead atoms. The van der Waals surface area contributed by atoms with Crippen molar-refractivity contribution in [2.75, 3.05) is 16.5 Å². The number of nitriles is 1. The van der Waals surface area contributed by atoms with Crippen molar-refractivity contribution in [2.45, 2.75) is 11.1 Å². The SMILES string of the molecule is C[S+]([O-])c1ccc(C2Nc3cnc4[nH]ccc4c3N2c2ccc(C#N)cc2)cc1. The minimum atomic E-state index is -1.02. The first-order chi connectivity index (χ1) is 14.2. The fraction of sp³-hybridized carbons (Fsp3) is 0.0909. The molecular formula is C22H17N5OS. The minimum absolute atomic E-state index is 0.153. The summed E-state index contributed by atoms with van der Waals surface area (Å²) in [7, 11) is 0. The standard InChI is InChI=1S/C22H17N5OS/c1-29(28)17-8-4-15(5-9-17)22-26-19-13-25-21-18(10-11-24-21)20(19)27(22)16-6-2-14(12-23)3-7-16/h2-11,13,22,26H,1H3,(H,24,25). The summed E-state index contributed by atoms with van der Waals surface area (Å²) in [5.41, 5.74) is 5.43. The fourth-order valence-electron chi connectivity index (χ4n) is 3.75. The summed E-state index contributed by atoms with van der Waals surface area (Å²) >= 11 is -1.02. The normalized spacial score (nSPS) is 16.3. The van der Waals surface area contributed by atoms with Gasteiger partial charge in [-0.3, -0.25) is 0 Å². The number of H-pyrrole nitrogens is 1. The summed E-state index contributed by atoms with van der Waals surface area (Å²) in [4.78, 5) is 10.7. The van der Waals surface area contributed by atoms with E-state index >= 15 is 0 Å². The Morgan fingerprint density at radius 3 is 2.55 bits per heavy atom. The highest BCUT2D eigenvalue weighted by atomic mass is 32.2. The van der Waals surface area contributed by atoms with Gasteiger partial charge < -0.3 is 19.8 Å². The Bertz CT molecular complexity index is 1230. The molecule has 0 saturated heterocycles. The molecule has 1 aliphatic heterocycles. The highest BCUT2D eigenvalue weighted by Crippen LogP contribution is 2.48. The number of fused-ring (bicyclic) bond motifs is 3. The maximum atomic E-state index is 11.8. The highest BCUT2D eigenvalue weighted by Gasteiger charge is 2.33. The first-order valence-corrected chi connectivity index (χ1v) is 10.7. The van der Waals surface area contributed by atoms with Crippen molar-refractivity contribution in [1.29, 1.82) is 5.26 Å². The molecule has 0 aliphatic carbocycles. The first-order valence-electron chi connectivity index (χ1n) is 9.11. The van der Waals surface area contributed by atoms with Gasteiger partial charge in [0.2, 0.25) is 0 Å². The lowest BCUT2D eigenvalue weighted by Gasteiger charge is -2.28. The number of nitrogens with one attached hydrogen (secondary N) is 2. The summed E-state index contributed by atoms with van der Waals surface area (Å²) in [6.07, 6.45) is 5.24. The Kier molecular flexibility index (Phi) is 4.16. The number of anilines is 3. The lowest BCUT2D eigenvalue weighted by molar-refractivity contribution is 0.600. The zero-order valence-corrected chi connectivity index (χ0v) is 16.4. The zero-order chi connectivity index (χ0) is 20.0. The second-order valence-electron chi connectivity index (χ2n) is 6.86. The van der Waals surface area contributed by atoms with Gasteiger partial charge in [0, 0.05) is 17.3 Å². The summed E-state index contributed by atoms with van der Waals surface area (Å²) in [5.74, 6) is 0. The average Bonchev–Trinajstić information content (AvgIpc) is 3.38. The molecule has 29 heavy (non-hydrogen) atoms. The van der Waals surface area contributed by atoms with Crippen molar-refractivity contribution < 1.29 is 4.55 Å². The molecule has 0 spiro atoms. The smallest absolute Gasteiger partial charge is 0.152 e. The summed E-state index contributed by atoms with van der Waals surface area (Å²) in [6.45, 7) is 0. The number of rotatable bonds is 3. The third-order valence-electron chi connectivity index (χ3n) is 5.15. The molecule has 3 heterocycles. The van der Waals surface area contributed by atoms with Crippen molar-refractivity contribution >= 4 is 39.3 Å². The van der Waals surface area contributed by atoms with Gasteiger partial charge in [-0.2, -0.15) is 5.26 Å². The van der Waals surface area contributed by atoms with Crippen LogP contribution in [0.25, 0.3) is 11.0 Å². The van der Waals surface area contributed by atoms with Crippen molar-refractivity contribution in [3.63, 3.8) is 0 Å². The van der Waals surface area contributed by atoms with Gasteiger partial charge in [-0.05, 0) is 59.2 Å². The van der Waals surface area contributed by atoms with Gasteiger partial charge in [-0.1, -0.05) is 12.1 Å². The summed E-state index contributed by atoms with van der Waals surface area (Å²) in [6, 6.07) is 19.5. The van der Waals surface area contributed by atoms with E-state index in [0.717, 1.165) is 38.6 Å². The van der Waals surface area contributed by atoms with E-state index in [0.29, 0.717) is 5.56 Å². The lowest BCUT2D eigenvalue weighted by Crippen LogP contribution is -2.23. The molecule has 0 radical (unpaired) electrons. The molecule has 0 amide bonds. The summed E-state index contributed by atoms with van der Waals surface area (Å²) < 4.78 is 11.8.